The minimum atomic E-state index is 0.282. The molecule has 2 heteroatoms. The van der Waals surface area contributed by atoms with Gasteiger partial charge in [0.15, 0.2) is 0 Å². The standard InChI is InChI=1S/C22H29NO/c1-3-6-18-8-12-20(13-9-18)21-14-10-19(11-15-21)17-24-22-7-4-5-16-23(22)2/h8-15,22H,3-7,16-17H2,1-2H3. The fraction of sp³-hybridized carbons (Fsp3) is 0.455. The Morgan fingerprint density at radius 1 is 0.917 bits per heavy atom. The predicted molar refractivity (Wildman–Crippen MR) is 101 cm³/mol. The third kappa shape index (κ3) is 4.46. The molecule has 0 amide bonds. The first-order valence-electron chi connectivity index (χ1n) is 9.26. The van der Waals surface area contributed by atoms with Crippen molar-refractivity contribution in [3.8, 4) is 11.1 Å². The second-order valence-corrected chi connectivity index (χ2v) is 6.89. The molecule has 0 aliphatic carbocycles. The number of likely N-dealkylation sites (tertiary alicyclic amines) is 1. The van der Waals surface area contributed by atoms with Gasteiger partial charge in [0, 0.05) is 6.54 Å². The number of rotatable bonds is 6. The summed E-state index contributed by atoms with van der Waals surface area (Å²) in [6.45, 7) is 4.07. The highest BCUT2D eigenvalue weighted by atomic mass is 16.5. The van der Waals surface area contributed by atoms with Crippen molar-refractivity contribution >= 4 is 0 Å². The van der Waals surface area contributed by atoms with E-state index in [4.69, 9.17) is 4.74 Å². The van der Waals surface area contributed by atoms with Gasteiger partial charge in [-0.15, -0.1) is 0 Å². The monoisotopic (exact) mass is 323 g/mol. The second-order valence-electron chi connectivity index (χ2n) is 6.89. The van der Waals surface area contributed by atoms with Crippen molar-refractivity contribution in [1.29, 1.82) is 0 Å². The van der Waals surface area contributed by atoms with E-state index in [0.717, 1.165) is 19.4 Å². The summed E-state index contributed by atoms with van der Waals surface area (Å²) < 4.78 is 6.10. The van der Waals surface area contributed by atoms with Crippen molar-refractivity contribution in [3.63, 3.8) is 0 Å². The lowest BCUT2D eigenvalue weighted by Gasteiger charge is -2.32. The highest BCUT2D eigenvalue weighted by Crippen LogP contribution is 2.22. The quantitative estimate of drug-likeness (QED) is 0.718. The molecule has 0 radical (unpaired) electrons. The Morgan fingerprint density at radius 2 is 1.54 bits per heavy atom. The van der Waals surface area contributed by atoms with E-state index in [1.165, 1.54) is 41.5 Å². The lowest BCUT2D eigenvalue weighted by molar-refractivity contribution is -0.0761. The van der Waals surface area contributed by atoms with Crippen LogP contribution in [0.2, 0.25) is 0 Å². The SMILES string of the molecule is CCCc1ccc(-c2ccc(COC3CCCCN3C)cc2)cc1. The minimum absolute atomic E-state index is 0.282. The molecule has 2 aromatic carbocycles. The van der Waals surface area contributed by atoms with Gasteiger partial charge in [0.05, 0.1) is 6.61 Å². The maximum absolute atomic E-state index is 6.10. The second kappa shape index (κ2) is 8.46. The first-order chi connectivity index (χ1) is 11.8. The van der Waals surface area contributed by atoms with Gasteiger partial charge >= 0.3 is 0 Å². The van der Waals surface area contributed by atoms with Crippen LogP contribution in [0.5, 0.6) is 0 Å². The molecule has 3 rings (SSSR count). The molecule has 1 aliphatic rings. The third-order valence-electron chi connectivity index (χ3n) is 4.93. The number of aryl methyl sites for hydroxylation is 1. The Labute approximate surface area is 146 Å². The van der Waals surface area contributed by atoms with Gasteiger partial charge in [-0.3, -0.25) is 4.90 Å². The Kier molecular flexibility index (Phi) is 6.06. The fourth-order valence-electron chi connectivity index (χ4n) is 3.39. The van der Waals surface area contributed by atoms with Gasteiger partial charge in [0.2, 0.25) is 0 Å². The molecule has 1 unspecified atom stereocenters. The van der Waals surface area contributed by atoms with Crippen LogP contribution >= 0.6 is 0 Å². The van der Waals surface area contributed by atoms with Crippen LogP contribution in [-0.4, -0.2) is 24.7 Å². The smallest absolute Gasteiger partial charge is 0.110 e. The Bertz CT molecular complexity index is 617. The summed E-state index contributed by atoms with van der Waals surface area (Å²) in [5.74, 6) is 0. The highest BCUT2D eigenvalue weighted by Gasteiger charge is 2.18. The number of benzene rings is 2. The van der Waals surface area contributed by atoms with E-state index < -0.39 is 0 Å². The van der Waals surface area contributed by atoms with E-state index in [0.29, 0.717) is 6.61 Å². The Hall–Kier alpha value is -1.64. The van der Waals surface area contributed by atoms with Gasteiger partial charge < -0.3 is 4.74 Å². The van der Waals surface area contributed by atoms with E-state index in [2.05, 4.69) is 67.4 Å². The number of nitrogens with zero attached hydrogens (tertiary/aromatic N) is 1. The van der Waals surface area contributed by atoms with Gasteiger partial charge in [-0.05, 0) is 55.0 Å². The molecule has 1 saturated heterocycles. The molecule has 2 nitrogen and oxygen atoms in total. The van der Waals surface area contributed by atoms with Crippen LogP contribution in [0.3, 0.4) is 0 Å². The summed E-state index contributed by atoms with van der Waals surface area (Å²) in [6.07, 6.45) is 6.36. The lowest BCUT2D eigenvalue weighted by Crippen LogP contribution is -2.37. The summed E-state index contributed by atoms with van der Waals surface area (Å²) in [6, 6.07) is 17.7. The van der Waals surface area contributed by atoms with E-state index in [-0.39, 0.29) is 6.23 Å². The summed E-state index contributed by atoms with van der Waals surface area (Å²) in [7, 11) is 2.16. The Morgan fingerprint density at radius 3 is 2.12 bits per heavy atom. The van der Waals surface area contributed by atoms with Crippen LogP contribution in [0, 0.1) is 0 Å². The number of hydrogen-bond donors (Lipinski definition) is 0. The molecule has 1 aliphatic heterocycles. The van der Waals surface area contributed by atoms with Crippen molar-refractivity contribution in [2.75, 3.05) is 13.6 Å². The molecule has 0 saturated carbocycles. The molecule has 1 heterocycles. The molecule has 1 atom stereocenters. The van der Waals surface area contributed by atoms with E-state index in [1.807, 2.05) is 0 Å². The molecule has 128 valence electrons. The average molecular weight is 323 g/mol. The van der Waals surface area contributed by atoms with Crippen molar-refractivity contribution in [3.05, 3.63) is 59.7 Å². The molecule has 0 spiro atoms. The van der Waals surface area contributed by atoms with Crippen molar-refractivity contribution in [1.82, 2.24) is 4.90 Å². The van der Waals surface area contributed by atoms with Crippen LogP contribution in [-0.2, 0) is 17.8 Å². The van der Waals surface area contributed by atoms with Crippen molar-refractivity contribution in [2.45, 2.75) is 51.9 Å². The number of ether oxygens (including phenoxy) is 1. The average Bonchev–Trinajstić information content (AvgIpc) is 2.63. The largest absolute Gasteiger partial charge is 0.358 e. The third-order valence-corrected chi connectivity index (χ3v) is 4.93. The summed E-state index contributed by atoms with van der Waals surface area (Å²) >= 11 is 0. The van der Waals surface area contributed by atoms with Gasteiger partial charge in [0.1, 0.15) is 6.23 Å². The normalized spacial score (nSPS) is 18.7. The van der Waals surface area contributed by atoms with Crippen LogP contribution < -0.4 is 0 Å². The minimum Gasteiger partial charge on any atom is -0.358 e. The molecule has 24 heavy (non-hydrogen) atoms. The number of hydrogen-bond acceptors (Lipinski definition) is 2. The molecule has 0 N–H and O–H groups in total. The van der Waals surface area contributed by atoms with E-state index in [1.54, 1.807) is 0 Å². The van der Waals surface area contributed by atoms with Gasteiger partial charge in [-0.2, -0.15) is 0 Å². The van der Waals surface area contributed by atoms with Crippen LogP contribution in [0.1, 0.15) is 43.7 Å². The van der Waals surface area contributed by atoms with Crippen LogP contribution in [0.25, 0.3) is 11.1 Å². The topological polar surface area (TPSA) is 12.5 Å². The molecular formula is C22H29NO. The summed E-state index contributed by atoms with van der Waals surface area (Å²) in [5.41, 5.74) is 5.23. The van der Waals surface area contributed by atoms with Crippen molar-refractivity contribution < 1.29 is 4.74 Å². The van der Waals surface area contributed by atoms with Gasteiger partial charge in [0.25, 0.3) is 0 Å². The maximum Gasteiger partial charge on any atom is 0.110 e. The first kappa shape index (κ1) is 17.2. The first-order valence-corrected chi connectivity index (χ1v) is 9.26. The fourth-order valence-corrected chi connectivity index (χ4v) is 3.39. The molecule has 0 aromatic heterocycles. The van der Waals surface area contributed by atoms with Gasteiger partial charge in [-0.25, -0.2) is 0 Å². The van der Waals surface area contributed by atoms with Crippen LogP contribution in [0.4, 0.5) is 0 Å². The summed E-state index contributed by atoms with van der Waals surface area (Å²) in [4.78, 5) is 2.33. The van der Waals surface area contributed by atoms with E-state index >= 15 is 0 Å². The molecule has 0 bridgehead atoms. The Balaban J connectivity index is 1.58. The molecular weight excluding hydrogens is 294 g/mol. The number of piperidine rings is 1. The predicted octanol–water partition coefficient (Wildman–Crippen LogP) is 5.26. The van der Waals surface area contributed by atoms with Crippen LogP contribution in [0.15, 0.2) is 48.5 Å². The zero-order valence-electron chi connectivity index (χ0n) is 15.0. The van der Waals surface area contributed by atoms with Crippen molar-refractivity contribution in [2.24, 2.45) is 0 Å². The maximum atomic E-state index is 6.10. The lowest BCUT2D eigenvalue weighted by atomic mass is 10.0. The molecule has 2 aromatic rings. The van der Waals surface area contributed by atoms with Gasteiger partial charge in [-0.1, -0.05) is 61.9 Å². The molecule has 1 fully saturated rings. The highest BCUT2D eigenvalue weighted by molar-refractivity contribution is 5.63. The zero-order chi connectivity index (χ0) is 16.8. The summed E-state index contributed by atoms with van der Waals surface area (Å²) in [5, 5.41) is 0. The van der Waals surface area contributed by atoms with E-state index in [9.17, 15) is 0 Å². The zero-order valence-corrected chi connectivity index (χ0v) is 15.0.